The average molecular weight is 1030 g/mol. The lowest BCUT2D eigenvalue weighted by atomic mass is 10.0. The van der Waals surface area contributed by atoms with Crippen molar-refractivity contribution in [2.24, 2.45) is 0 Å². The van der Waals surface area contributed by atoms with Gasteiger partial charge in [-0.05, 0) is 57.8 Å². The maximum Gasteiger partial charge on any atom is 0.148 e. The molecule has 0 saturated carbocycles. The van der Waals surface area contributed by atoms with Crippen LogP contribution in [-0.4, -0.2) is 31.8 Å². The zero-order chi connectivity index (χ0) is 51.2. The summed E-state index contributed by atoms with van der Waals surface area (Å²) in [5, 5.41) is 13.7. The number of nitrogens with zero attached hydrogens (tertiary/aromatic N) is 2. The van der Waals surface area contributed by atoms with Gasteiger partial charge in [0.05, 0.1) is 16.7 Å². The van der Waals surface area contributed by atoms with Crippen molar-refractivity contribution in [1.82, 2.24) is 9.55 Å². The van der Waals surface area contributed by atoms with Gasteiger partial charge in [-0.2, -0.15) is 0 Å². The van der Waals surface area contributed by atoms with Crippen molar-refractivity contribution in [3.05, 3.63) is 327 Å². The predicted octanol–water partition coefficient (Wildman–Crippen LogP) is 11.5. The van der Waals surface area contributed by atoms with Crippen LogP contribution in [0, 0.1) is 0 Å². The van der Waals surface area contributed by atoms with E-state index in [4.69, 9.17) is 4.98 Å². The number of rotatable bonds is 12. The Labute approximate surface area is 453 Å². The summed E-state index contributed by atoms with van der Waals surface area (Å²) >= 11 is 0. The molecule has 0 N–H and O–H groups in total. The van der Waals surface area contributed by atoms with Crippen LogP contribution in [0.15, 0.2) is 316 Å². The Morgan fingerprint density at radius 3 is 1.22 bits per heavy atom. The molecular weight excluding hydrogens is 977 g/mol. The minimum Gasteiger partial charge on any atom is -0.309 e. The van der Waals surface area contributed by atoms with E-state index in [0.717, 1.165) is 23.4 Å². The third-order valence-corrected chi connectivity index (χ3v) is 50.7. The molecule has 1 aliphatic carbocycles. The molecule has 13 aromatic rings. The van der Waals surface area contributed by atoms with Crippen molar-refractivity contribution in [2.45, 2.75) is 6.42 Å². The van der Waals surface area contributed by atoms with Gasteiger partial charge in [-0.1, -0.05) is 315 Å². The van der Waals surface area contributed by atoms with Crippen molar-refractivity contribution in [2.75, 3.05) is 0 Å². The average Bonchev–Trinajstić information content (AvgIpc) is 4.26. The van der Waals surface area contributed by atoms with Gasteiger partial charge in [0.15, 0.2) is 0 Å². The van der Waals surface area contributed by atoms with E-state index >= 15 is 0 Å². The highest BCUT2D eigenvalue weighted by Crippen LogP contribution is 2.41. The standard InChI is InChI=1S/C72H54N2Si3/c1-7-30-57(31-8-1)75(58-32-9-2-10-33-58,63-42-25-28-55(51-63)72-69-52-54-27-19-20-44-65(54)66(69)49-50-73-72)77(61-38-15-5-16-39-61,62-40-17-6-18-41-62)76(59-34-11-3-12-35-59,60-36-13-4-14-37-60)64-43-26-29-56(53-64)74-70-47-23-21-45-67(70)68-46-22-24-48-71(68)74/h1-51,53H,52H2. The second kappa shape index (κ2) is 19.3. The van der Waals surface area contributed by atoms with E-state index in [1.165, 1.54) is 85.6 Å². The number of para-hydroxylation sites is 2. The number of hydrogen-bond acceptors (Lipinski definition) is 1. The molecule has 0 atom stereocenters. The van der Waals surface area contributed by atoms with Gasteiger partial charge in [0.2, 0.25) is 0 Å². The van der Waals surface area contributed by atoms with Crippen LogP contribution in [0.25, 0.3) is 49.9 Å². The lowest BCUT2D eigenvalue weighted by Crippen LogP contribution is -3.04. The summed E-state index contributed by atoms with van der Waals surface area (Å²) in [6, 6.07) is 120. The fraction of sp³-hybridized carbons (Fsp3) is 0.0139. The van der Waals surface area contributed by atoms with E-state index in [-0.39, 0.29) is 0 Å². The normalized spacial score (nSPS) is 12.4. The zero-order valence-electron chi connectivity index (χ0n) is 42.6. The van der Waals surface area contributed by atoms with E-state index in [1.54, 1.807) is 0 Å². The van der Waals surface area contributed by atoms with Gasteiger partial charge in [0.25, 0.3) is 0 Å². The van der Waals surface area contributed by atoms with Crippen LogP contribution in [0.3, 0.4) is 0 Å². The third kappa shape index (κ3) is 7.08. The van der Waals surface area contributed by atoms with Gasteiger partial charge in [-0.3, -0.25) is 4.98 Å². The maximum absolute atomic E-state index is 5.35. The SMILES string of the molecule is c1ccc([Si](c2ccccc2)(c2cccc(-c3nccc4c3Cc3ccccc3-4)c2)[Si](c2ccccc2)(c2ccccc2)[Si](c2ccccc2)(c2ccccc2)c2cccc(-n3c4ccccc4c4ccccc43)c2)cc1. The summed E-state index contributed by atoms with van der Waals surface area (Å²) in [7, 11) is -11.0. The molecule has 0 amide bonds. The summed E-state index contributed by atoms with van der Waals surface area (Å²) in [5.41, 5.74) is 11.0. The molecule has 5 heteroatoms. The lowest BCUT2D eigenvalue weighted by Gasteiger charge is -2.59. The molecule has 77 heavy (non-hydrogen) atoms. The van der Waals surface area contributed by atoms with Gasteiger partial charge >= 0.3 is 0 Å². The van der Waals surface area contributed by atoms with Crippen molar-refractivity contribution < 1.29 is 0 Å². The minimum atomic E-state index is -3.72. The van der Waals surface area contributed by atoms with Crippen LogP contribution in [0.2, 0.25) is 0 Å². The molecule has 2 heterocycles. The Bertz CT molecular complexity index is 4070. The Morgan fingerprint density at radius 2 is 0.714 bits per heavy atom. The topological polar surface area (TPSA) is 17.8 Å². The van der Waals surface area contributed by atoms with Crippen molar-refractivity contribution in [3.8, 4) is 28.1 Å². The number of benzene rings is 11. The first-order chi connectivity index (χ1) is 38.2. The first-order valence-electron chi connectivity index (χ1n) is 26.8. The lowest BCUT2D eigenvalue weighted by molar-refractivity contribution is 1.18. The monoisotopic (exact) mass is 1030 g/mol. The third-order valence-electron chi connectivity index (χ3n) is 16.8. The van der Waals surface area contributed by atoms with E-state index in [1.807, 2.05) is 6.20 Å². The largest absolute Gasteiger partial charge is 0.309 e. The van der Waals surface area contributed by atoms with E-state index < -0.39 is 22.3 Å². The molecule has 0 spiro atoms. The minimum absolute atomic E-state index is 0.853. The molecule has 11 aromatic carbocycles. The van der Waals surface area contributed by atoms with Gasteiger partial charge in [-0.25, -0.2) is 0 Å². The molecule has 0 radical (unpaired) electrons. The van der Waals surface area contributed by atoms with Crippen LogP contribution >= 0.6 is 0 Å². The highest BCUT2D eigenvalue weighted by atomic mass is 29.6. The number of aromatic nitrogens is 2. The van der Waals surface area contributed by atoms with E-state index in [2.05, 4.69) is 314 Å². The van der Waals surface area contributed by atoms with Gasteiger partial charge in [0, 0.05) is 34.6 Å². The van der Waals surface area contributed by atoms with E-state index in [9.17, 15) is 0 Å². The Morgan fingerprint density at radius 1 is 0.312 bits per heavy atom. The highest BCUT2D eigenvalue weighted by Gasteiger charge is 2.72. The molecule has 0 aliphatic heterocycles. The summed E-state index contributed by atoms with van der Waals surface area (Å²) in [5.74, 6) is 0. The van der Waals surface area contributed by atoms with Crippen LogP contribution < -0.4 is 41.5 Å². The first-order valence-corrected chi connectivity index (χ1v) is 34.8. The Balaban J connectivity index is 1.21. The van der Waals surface area contributed by atoms with E-state index in [0.29, 0.717) is 0 Å². The second-order valence-corrected chi connectivity index (χ2v) is 40.1. The second-order valence-electron chi connectivity index (χ2n) is 20.5. The fourth-order valence-electron chi connectivity index (χ4n) is 14.0. The smallest absolute Gasteiger partial charge is 0.148 e. The summed E-state index contributed by atoms with van der Waals surface area (Å²) in [4.78, 5) is 5.35. The molecular formula is C72H54N2Si3. The molecule has 2 aromatic heterocycles. The van der Waals surface area contributed by atoms with Crippen LogP contribution in [-0.2, 0) is 6.42 Å². The summed E-state index contributed by atoms with van der Waals surface area (Å²) < 4.78 is 2.52. The summed E-state index contributed by atoms with van der Waals surface area (Å²) in [6.07, 6.45) is 2.88. The maximum atomic E-state index is 5.35. The number of fused-ring (bicyclic) bond motifs is 6. The number of pyridine rings is 1. The molecule has 2 nitrogen and oxygen atoms in total. The van der Waals surface area contributed by atoms with Crippen LogP contribution in [0.4, 0.5) is 0 Å². The Kier molecular flexibility index (Phi) is 11.7. The molecule has 364 valence electrons. The van der Waals surface area contributed by atoms with Crippen LogP contribution in [0.1, 0.15) is 11.1 Å². The van der Waals surface area contributed by atoms with Crippen LogP contribution in [0.5, 0.6) is 0 Å². The van der Waals surface area contributed by atoms with Crippen molar-refractivity contribution in [3.63, 3.8) is 0 Å². The quantitative estimate of drug-likeness (QED) is 0.0881. The Hall–Kier alpha value is -8.98. The highest BCUT2D eigenvalue weighted by molar-refractivity contribution is 7.89. The first kappa shape index (κ1) is 46.5. The molecule has 0 bridgehead atoms. The fourth-order valence-corrected chi connectivity index (χ4v) is 59.3. The van der Waals surface area contributed by atoms with Gasteiger partial charge < -0.3 is 4.57 Å². The molecule has 1 aliphatic rings. The predicted molar refractivity (Wildman–Crippen MR) is 332 cm³/mol. The number of hydrogen-bond donors (Lipinski definition) is 0. The van der Waals surface area contributed by atoms with Crippen molar-refractivity contribution >= 4 is 85.6 Å². The molecule has 0 fully saturated rings. The van der Waals surface area contributed by atoms with Gasteiger partial charge in [0.1, 0.15) is 22.3 Å². The molecule has 0 unspecified atom stereocenters. The van der Waals surface area contributed by atoms with Crippen molar-refractivity contribution in [1.29, 1.82) is 0 Å². The molecule has 0 saturated heterocycles. The molecule has 14 rings (SSSR count). The zero-order valence-corrected chi connectivity index (χ0v) is 45.6. The summed E-state index contributed by atoms with van der Waals surface area (Å²) in [6.45, 7) is 0. The van der Waals surface area contributed by atoms with Gasteiger partial charge in [-0.15, -0.1) is 0 Å².